The number of rotatable bonds is 4. The number of hydrazine groups is 1. The highest BCUT2D eigenvalue weighted by molar-refractivity contribution is 4.76. The summed E-state index contributed by atoms with van der Waals surface area (Å²) in [6.07, 6.45) is 3.97. The molecule has 2 atom stereocenters. The number of ether oxygens (including phenoxy) is 1. The Hall–Kier alpha value is -0.120. The van der Waals surface area contributed by atoms with Crippen molar-refractivity contribution in [1.29, 1.82) is 0 Å². The van der Waals surface area contributed by atoms with Crippen LogP contribution in [0.5, 0.6) is 0 Å². The maximum absolute atomic E-state index is 5.70. The smallest absolute Gasteiger partial charge is 0.0612 e. The van der Waals surface area contributed by atoms with E-state index in [-0.39, 0.29) is 5.60 Å². The molecule has 3 nitrogen and oxygen atoms in total. The molecule has 0 radical (unpaired) electrons. The fourth-order valence-corrected chi connectivity index (χ4v) is 2.26. The molecular formula is C13H28N2O. The minimum Gasteiger partial charge on any atom is -0.374 e. The standard InChI is InChI=1S/C13H28N2O/c1-11-7-6-8-12(2)15(11)14-9-10-16-13(3,4)5/h11-12,14H,6-10H2,1-5H3. The molecule has 1 fully saturated rings. The molecule has 1 saturated heterocycles. The van der Waals surface area contributed by atoms with Gasteiger partial charge in [-0.15, -0.1) is 0 Å². The summed E-state index contributed by atoms with van der Waals surface area (Å²) in [5, 5.41) is 2.40. The molecule has 0 aliphatic carbocycles. The van der Waals surface area contributed by atoms with Gasteiger partial charge < -0.3 is 4.74 Å². The lowest BCUT2D eigenvalue weighted by Gasteiger charge is -2.39. The molecule has 0 bridgehead atoms. The van der Waals surface area contributed by atoms with E-state index in [4.69, 9.17) is 4.74 Å². The minimum absolute atomic E-state index is 0.0270. The molecule has 0 aromatic heterocycles. The van der Waals surface area contributed by atoms with E-state index >= 15 is 0 Å². The summed E-state index contributed by atoms with van der Waals surface area (Å²) in [6, 6.07) is 1.30. The fourth-order valence-electron chi connectivity index (χ4n) is 2.26. The molecule has 1 aliphatic rings. The number of piperidine rings is 1. The summed E-state index contributed by atoms with van der Waals surface area (Å²) in [6.45, 7) is 12.6. The molecule has 0 saturated carbocycles. The van der Waals surface area contributed by atoms with E-state index in [1.54, 1.807) is 0 Å². The van der Waals surface area contributed by atoms with Gasteiger partial charge in [-0.3, -0.25) is 5.43 Å². The van der Waals surface area contributed by atoms with Gasteiger partial charge in [0.2, 0.25) is 0 Å². The Morgan fingerprint density at radius 1 is 1.19 bits per heavy atom. The van der Waals surface area contributed by atoms with E-state index in [0.29, 0.717) is 12.1 Å². The Kier molecular flexibility index (Phi) is 5.22. The minimum atomic E-state index is -0.0270. The molecule has 1 rings (SSSR count). The van der Waals surface area contributed by atoms with E-state index in [1.165, 1.54) is 19.3 Å². The van der Waals surface area contributed by atoms with Crippen LogP contribution in [0.3, 0.4) is 0 Å². The van der Waals surface area contributed by atoms with Crippen LogP contribution in [-0.2, 0) is 4.74 Å². The zero-order chi connectivity index (χ0) is 12.2. The Balaban J connectivity index is 2.20. The first-order valence-corrected chi connectivity index (χ1v) is 6.56. The Labute approximate surface area is 101 Å². The largest absolute Gasteiger partial charge is 0.374 e. The zero-order valence-corrected chi connectivity index (χ0v) is 11.5. The van der Waals surface area contributed by atoms with Gasteiger partial charge >= 0.3 is 0 Å². The second-order valence-corrected chi connectivity index (χ2v) is 5.91. The van der Waals surface area contributed by atoms with Crippen LogP contribution in [0.1, 0.15) is 53.9 Å². The third-order valence-electron chi connectivity index (χ3n) is 3.13. The topological polar surface area (TPSA) is 24.5 Å². The average Bonchev–Trinajstić information content (AvgIpc) is 2.14. The van der Waals surface area contributed by atoms with Gasteiger partial charge in [-0.2, -0.15) is 0 Å². The summed E-state index contributed by atoms with van der Waals surface area (Å²) < 4.78 is 5.70. The molecule has 0 aromatic carbocycles. The molecule has 0 aromatic rings. The Morgan fingerprint density at radius 3 is 2.25 bits per heavy atom. The van der Waals surface area contributed by atoms with Crippen molar-refractivity contribution < 1.29 is 4.74 Å². The third-order valence-corrected chi connectivity index (χ3v) is 3.13. The third kappa shape index (κ3) is 4.81. The molecule has 16 heavy (non-hydrogen) atoms. The predicted octanol–water partition coefficient (Wildman–Crippen LogP) is 2.57. The van der Waals surface area contributed by atoms with Crippen molar-refractivity contribution >= 4 is 0 Å². The lowest BCUT2D eigenvalue weighted by atomic mass is 10.00. The highest BCUT2D eigenvalue weighted by Crippen LogP contribution is 2.19. The van der Waals surface area contributed by atoms with Crippen molar-refractivity contribution in [3.63, 3.8) is 0 Å². The van der Waals surface area contributed by atoms with Crippen LogP contribution in [0.2, 0.25) is 0 Å². The maximum Gasteiger partial charge on any atom is 0.0612 e. The molecule has 2 unspecified atom stereocenters. The molecule has 1 aliphatic heterocycles. The molecule has 0 amide bonds. The molecule has 0 spiro atoms. The van der Waals surface area contributed by atoms with Crippen LogP contribution >= 0.6 is 0 Å². The summed E-state index contributed by atoms with van der Waals surface area (Å²) in [5.41, 5.74) is 3.48. The highest BCUT2D eigenvalue weighted by atomic mass is 16.5. The van der Waals surface area contributed by atoms with Crippen molar-refractivity contribution in [3.05, 3.63) is 0 Å². The summed E-state index contributed by atoms with van der Waals surface area (Å²) >= 11 is 0. The Morgan fingerprint density at radius 2 is 1.75 bits per heavy atom. The van der Waals surface area contributed by atoms with E-state index in [1.807, 2.05) is 0 Å². The van der Waals surface area contributed by atoms with Gasteiger partial charge in [0.1, 0.15) is 0 Å². The van der Waals surface area contributed by atoms with Crippen molar-refractivity contribution in [2.45, 2.75) is 71.6 Å². The highest BCUT2D eigenvalue weighted by Gasteiger charge is 2.24. The zero-order valence-electron chi connectivity index (χ0n) is 11.5. The first-order chi connectivity index (χ1) is 7.40. The van der Waals surface area contributed by atoms with Crippen LogP contribution in [0, 0.1) is 0 Å². The van der Waals surface area contributed by atoms with E-state index in [2.05, 4.69) is 45.1 Å². The van der Waals surface area contributed by atoms with Crippen LogP contribution < -0.4 is 5.43 Å². The van der Waals surface area contributed by atoms with Crippen molar-refractivity contribution in [2.24, 2.45) is 0 Å². The van der Waals surface area contributed by atoms with E-state index in [9.17, 15) is 0 Å². The van der Waals surface area contributed by atoms with Gasteiger partial charge in [0.25, 0.3) is 0 Å². The number of hydrogen-bond acceptors (Lipinski definition) is 3. The molecular weight excluding hydrogens is 200 g/mol. The van der Waals surface area contributed by atoms with Gasteiger partial charge in [0.15, 0.2) is 0 Å². The average molecular weight is 228 g/mol. The second kappa shape index (κ2) is 5.99. The summed E-state index contributed by atoms with van der Waals surface area (Å²) in [4.78, 5) is 0. The lowest BCUT2D eigenvalue weighted by molar-refractivity contribution is -0.0201. The van der Waals surface area contributed by atoms with Gasteiger partial charge in [-0.05, 0) is 47.5 Å². The van der Waals surface area contributed by atoms with Gasteiger partial charge in [0, 0.05) is 18.6 Å². The van der Waals surface area contributed by atoms with Crippen LogP contribution in [-0.4, -0.2) is 35.8 Å². The molecule has 96 valence electrons. The second-order valence-electron chi connectivity index (χ2n) is 5.91. The van der Waals surface area contributed by atoms with E-state index in [0.717, 1.165) is 13.2 Å². The van der Waals surface area contributed by atoms with Gasteiger partial charge in [-0.1, -0.05) is 6.42 Å². The lowest BCUT2D eigenvalue weighted by Crippen LogP contribution is -2.53. The first-order valence-electron chi connectivity index (χ1n) is 6.56. The summed E-state index contributed by atoms with van der Waals surface area (Å²) in [5.74, 6) is 0. The van der Waals surface area contributed by atoms with Crippen molar-refractivity contribution in [3.8, 4) is 0 Å². The SMILES string of the molecule is CC1CCCC(C)N1NCCOC(C)(C)C. The quantitative estimate of drug-likeness (QED) is 0.749. The normalized spacial score (nSPS) is 28.3. The predicted molar refractivity (Wildman–Crippen MR) is 68.3 cm³/mol. The summed E-state index contributed by atoms with van der Waals surface area (Å²) in [7, 11) is 0. The van der Waals surface area contributed by atoms with Crippen molar-refractivity contribution in [1.82, 2.24) is 10.4 Å². The number of hydrogen-bond donors (Lipinski definition) is 1. The van der Waals surface area contributed by atoms with Crippen LogP contribution in [0.15, 0.2) is 0 Å². The monoisotopic (exact) mass is 228 g/mol. The fraction of sp³-hybridized carbons (Fsp3) is 1.00. The Bertz CT molecular complexity index is 191. The number of nitrogens with one attached hydrogen (secondary N) is 1. The molecule has 1 N–H and O–H groups in total. The molecule has 3 heteroatoms. The number of nitrogens with zero attached hydrogens (tertiary/aromatic N) is 1. The van der Waals surface area contributed by atoms with E-state index < -0.39 is 0 Å². The van der Waals surface area contributed by atoms with Gasteiger partial charge in [0.05, 0.1) is 12.2 Å². The van der Waals surface area contributed by atoms with Crippen molar-refractivity contribution in [2.75, 3.05) is 13.2 Å². The van der Waals surface area contributed by atoms with Crippen LogP contribution in [0.4, 0.5) is 0 Å². The maximum atomic E-state index is 5.70. The molecule has 1 heterocycles. The van der Waals surface area contributed by atoms with Gasteiger partial charge in [-0.25, -0.2) is 5.01 Å². The van der Waals surface area contributed by atoms with Crippen LogP contribution in [0.25, 0.3) is 0 Å². The first kappa shape index (κ1) is 13.9.